The van der Waals surface area contributed by atoms with Crippen LogP contribution in [-0.2, 0) is 0 Å². The molecule has 104 valence electrons. The number of fused-ring (bicyclic) bond motifs is 2. The van der Waals surface area contributed by atoms with Crippen LogP contribution in [0.5, 0.6) is 0 Å². The molecule has 2 fully saturated rings. The molecule has 3 nitrogen and oxygen atoms in total. The first kappa shape index (κ1) is 13.0. The lowest BCUT2D eigenvalue weighted by molar-refractivity contribution is 0.254. The Morgan fingerprint density at radius 2 is 2.00 bits per heavy atom. The van der Waals surface area contributed by atoms with E-state index in [0.29, 0.717) is 17.8 Å². The lowest BCUT2D eigenvalue weighted by Crippen LogP contribution is -2.36. The van der Waals surface area contributed by atoms with E-state index < -0.39 is 5.82 Å². The third-order valence-corrected chi connectivity index (χ3v) is 4.85. The Bertz CT molecular complexity index is 494. The number of nitrogens with two attached hydrogens (primary N) is 1. The number of rotatable bonds is 1. The van der Waals surface area contributed by atoms with Gasteiger partial charge in [-0.3, -0.25) is 4.90 Å². The van der Waals surface area contributed by atoms with Crippen LogP contribution < -0.4 is 10.6 Å². The van der Waals surface area contributed by atoms with E-state index in [1.54, 1.807) is 6.07 Å². The smallest absolute Gasteiger partial charge is 0.143 e. The third kappa shape index (κ3) is 2.28. The van der Waals surface area contributed by atoms with Crippen molar-refractivity contribution < 1.29 is 4.39 Å². The van der Waals surface area contributed by atoms with E-state index >= 15 is 0 Å². The lowest BCUT2D eigenvalue weighted by Gasteiger charge is -2.28. The molecule has 2 atom stereocenters. The van der Waals surface area contributed by atoms with Crippen molar-refractivity contribution >= 4 is 23.0 Å². The van der Waals surface area contributed by atoms with E-state index in [1.165, 1.54) is 18.9 Å². The van der Waals surface area contributed by atoms with E-state index in [-0.39, 0.29) is 5.02 Å². The van der Waals surface area contributed by atoms with Gasteiger partial charge in [0.1, 0.15) is 5.82 Å². The highest BCUT2D eigenvalue weighted by molar-refractivity contribution is 6.31. The Morgan fingerprint density at radius 3 is 2.79 bits per heavy atom. The zero-order valence-corrected chi connectivity index (χ0v) is 11.8. The summed E-state index contributed by atoms with van der Waals surface area (Å²) in [6, 6.07) is 4.22. The quantitative estimate of drug-likeness (QED) is 0.805. The SMILES string of the molecule is CN1C2CCC1CN(c1cc(Cl)c(F)cc1N)CC2. The summed E-state index contributed by atoms with van der Waals surface area (Å²) >= 11 is 5.89. The van der Waals surface area contributed by atoms with Gasteiger partial charge in [0.15, 0.2) is 0 Å². The maximum absolute atomic E-state index is 13.4. The molecule has 0 saturated carbocycles. The van der Waals surface area contributed by atoms with Gasteiger partial charge in [-0.25, -0.2) is 4.39 Å². The van der Waals surface area contributed by atoms with Gasteiger partial charge in [0.25, 0.3) is 0 Å². The predicted octanol–water partition coefficient (Wildman–Crippen LogP) is 2.73. The van der Waals surface area contributed by atoms with Crippen LogP contribution in [0.3, 0.4) is 0 Å². The fraction of sp³-hybridized carbons (Fsp3) is 0.571. The summed E-state index contributed by atoms with van der Waals surface area (Å²) in [4.78, 5) is 4.72. The van der Waals surface area contributed by atoms with Crippen molar-refractivity contribution in [3.63, 3.8) is 0 Å². The molecule has 0 radical (unpaired) electrons. The van der Waals surface area contributed by atoms with E-state index in [0.717, 1.165) is 25.2 Å². The minimum absolute atomic E-state index is 0.145. The molecule has 0 spiro atoms. The number of hydrogen-bond acceptors (Lipinski definition) is 3. The van der Waals surface area contributed by atoms with Gasteiger partial charge in [0.05, 0.1) is 16.4 Å². The Hall–Kier alpha value is -1.00. The monoisotopic (exact) mass is 283 g/mol. The minimum atomic E-state index is -0.448. The number of nitrogen functional groups attached to an aromatic ring is 1. The van der Waals surface area contributed by atoms with Crippen LogP contribution in [0.1, 0.15) is 19.3 Å². The number of nitrogens with zero attached hydrogens (tertiary/aromatic N) is 2. The van der Waals surface area contributed by atoms with Gasteiger partial charge >= 0.3 is 0 Å². The first-order valence-electron chi connectivity index (χ1n) is 6.77. The predicted molar refractivity (Wildman–Crippen MR) is 77.2 cm³/mol. The molecule has 1 aromatic carbocycles. The largest absolute Gasteiger partial charge is 0.397 e. The summed E-state index contributed by atoms with van der Waals surface area (Å²) in [6.07, 6.45) is 3.64. The van der Waals surface area contributed by atoms with E-state index in [4.69, 9.17) is 17.3 Å². The zero-order valence-electron chi connectivity index (χ0n) is 11.1. The first-order chi connectivity index (χ1) is 9.06. The summed E-state index contributed by atoms with van der Waals surface area (Å²) in [5.41, 5.74) is 7.29. The van der Waals surface area contributed by atoms with Gasteiger partial charge in [-0.05, 0) is 32.4 Å². The molecule has 2 aliphatic rings. The highest BCUT2D eigenvalue weighted by Crippen LogP contribution is 2.34. The second kappa shape index (κ2) is 4.84. The van der Waals surface area contributed by atoms with E-state index in [2.05, 4.69) is 16.8 Å². The molecule has 2 N–H and O–H groups in total. The average Bonchev–Trinajstić information content (AvgIpc) is 2.59. The molecule has 0 aromatic heterocycles. The van der Waals surface area contributed by atoms with Crippen molar-refractivity contribution in [2.75, 3.05) is 30.8 Å². The molecule has 3 rings (SSSR count). The fourth-order valence-electron chi connectivity index (χ4n) is 3.35. The fourth-order valence-corrected chi connectivity index (χ4v) is 3.51. The molecule has 19 heavy (non-hydrogen) atoms. The minimum Gasteiger partial charge on any atom is -0.397 e. The molecule has 2 heterocycles. The highest BCUT2D eigenvalue weighted by atomic mass is 35.5. The Labute approximate surface area is 118 Å². The van der Waals surface area contributed by atoms with Crippen LogP contribution in [0, 0.1) is 5.82 Å². The van der Waals surface area contributed by atoms with Crippen LogP contribution in [0.4, 0.5) is 15.8 Å². The van der Waals surface area contributed by atoms with Gasteiger partial charge in [0, 0.05) is 31.2 Å². The van der Waals surface area contributed by atoms with Gasteiger partial charge in [-0.1, -0.05) is 11.6 Å². The van der Waals surface area contributed by atoms with Crippen LogP contribution >= 0.6 is 11.6 Å². The second-order valence-corrected chi connectivity index (χ2v) is 6.02. The molecule has 2 bridgehead atoms. The number of hydrogen-bond donors (Lipinski definition) is 1. The van der Waals surface area contributed by atoms with Crippen LogP contribution in [-0.4, -0.2) is 37.1 Å². The molecule has 0 amide bonds. The first-order valence-corrected chi connectivity index (χ1v) is 7.15. The molecular formula is C14H19ClFN3. The maximum Gasteiger partial charge on any atom is 0.143 e. The van der Waals surface area contributed by atoms with Crippen molar-refractivity contribution in [3.05, 3.63) is 23.0 Å². The van der Waals surface area contributed by atoms with E-state index in [1.807, 2.05) is 0 Å². The van der Waals surface area contributed by atoms with Crippen molar-refractivity contribution in [1.82, 2.24) is 4.90 Å². The second-order valence-electron chi connectivity index (χ2n) is 5.61. The highest BCUT2D eigenvalue weighted by Gasteiger charge is 2.35. The number of anilines is 2. The van der Waals surface area contributed by atoms with Gasteiger partial charge in [-0.15, -0.1) is 0 Å². The molecule has 2 saturated heterocycles. The zero-order chi connectivity index (χ0) is 13.6. The number of benzene rings is 1. The molecule has 5 heteroatoms. The lowest BCUT2D eigenvalue weighted by atomic mass is 10.1. The number of halogens is 2. The van der Waals surface area contributed by atoms with Crippen molar-refractivity contribution in [1.29, 1.82) is 0 Å². The maximum atomic E-state index is 13.4. The van der Waals surface area contributed by atoms with Crippen molar-refractivity contribution in [3.8, 4) is 0 Å². The molecule has 1 aromatic rings. The van der Waals surface area contributed by atoms with Crippen LogP contribution in [0.2, 0.25) is 5.02 Å². The van der Waals surface area contributed by atoms with Crippen molar-refractivity contribution in [2.45, 2.75) is 31.3 Å². The van der Waals surface area contributed by atoms with Gasteiger partial charge in [0.2, 0.25) is 0 Å². The van der Waals surface area contributed by atoms with E-state index in [9.17, 15) is 4.39 Å². The summed E-state index contributed by atoms with van der Waals surface area (Å²) in [5.74, 6) is -0.448. The summed E-state index contributed by atoms with van der Waals surface area (Å²) in [7, 11) is 2.20. The molecule has 2 aliphatic heterocycles. The number of likely N-dealkylation sites (N-methyl/N-ethyl adjacent to an activating group) is 1. The molecular weight excluding hydrogens is 265 g/mol. The van der Waals surface area contributed by atoms with Crippen LogP contribution in [0.15, 0.2) is 12.1 Å². The summed E-state index contributed by atoms with van der Waals surface area (Å²) < 4.78 is 13.4. The standard InChI is InChI=1S/C14H19ClFN3/c1-18-9-2-3-10(18)8-19(5-4-9)14-6-11(15)12(16)7-13(14)17/h6-7,9-10H,2-5,8,17H2,1H3. The van der Waals surface area contributed by atoms with Gasteiger partial charge in [-0.2, -0.15) is 0 Å². The van der Waals surface area contributed by atoms with Gasteiger partial charge < -0.3 is 10.6 Å². The Kier molecular flexibility index (Phi) is 3.31. The average molecular weight is 284 g/mol. The Balaban J connectivity index is 1.89. The third-order valence-electron chi connectivity index (χ3n) is 4.56. The topological polar surface area (TPSA) is 32.5 Å². The molecule has 0 aliphatic carbocycles. The Morgan fingerprint density at radius 1 is 1.26 bits per heavy atom. The normalized spacial score (nSPS) is 27.6. The molecule has 2 unspecified atom stereocenters. The summed E-state index contributed by atoms with van der Waals surface area (Å²) in [6.45, 7) is 1.90. The van der Waals surface area contributed by atoms with Crippen LogP contribution in [0.25, 0.3) is 0 Å². The van der Waals surface area contributed by atoms with Crippen molar-refractivity contribution in [2.24, 2.45) is 0 Å². The summed E-state index contributed by atoms with van der Waals surface area (Å²) in [5, 5.41) is 0.145.